The number of carbonyl (C=O) groups excluding carboxylic acids is 1. The summed E-state index contributed by atoms with van der Waals surface area (Å²) in [5.74, 6) is 4.76. The molecule has 104 valence electrons. The molecule has 0 atom stereocenters. The smallest absolute Gasteiger partial charge is 0.266 e. The first-order chi connectivity index (χ1) is 9.78. The number of aromatic nitrogens is 3. The summed E-state index contributed by atoms with van der Waals surface area (Å²) in [4.78, 5) is 20.1. The van der Waals surface area contributed by atoms with Crippen molar-refractivity contribution in [2.24, 2.45) is 5.84 Å². The van der Waals surface area contributed by atoms with Crippen LogP contribution in [0.2, 0.25) is 0 Å². The van der Waals surface area contributed by atoms with Gasteiger partial charge in [0.15, 0.2) is 0 Å². The lowest BCUT2D eigenvalue weighted by atomic mass is 10.0. The number of amides is 1. The number of nitrogens with two attached hydrogens (primary N) is 1. The highest BCUT2D eigenvalue weighted by Crippen LogP contribution is 2.20. The summed E-state index contributed by atoms with van der Waals surface area (Å²) in [7, 11) is 0. The summed E-state index contributed by atoms with van der Waals surface area (Å²) in [5.41, 5.74) is 6.00. The topological polar surface area (TPSA) is 85.8 Å². The van der Waals surface area contributed by atoms with Crippen molar-refractivity contribution in [1.82, 2.24) is 20.0 Å². The number of imidazole rings is 1. The van der Waals surface area contributed by atoms with E-state index in [1.54, 1.807) is 12.3 Å². The second kappa shape index (κ2) is 5.42. The van der Waals surface area contributed by atoms with E-state index in [1.807, 2.05) is 12.4 Å². The summed E-state index contributed by atoms with van der Waals surface area (Å²) < 4.78 is 2.15. The van der Waals surface area contributed by atoms with E-state index >= 15 is 0 Å². The van der Waals surface area contributed by atoms with Crippen LogP contribution in [0.3, 0.4) is 0 Å². The molecule has 2 aromatic heterocycles. The van der Waals surface area contributed by atoms with Crippen LogP contribution in [0.1, 0.15) is 40.3 Å². The zero-order valence-electron chi connectivity index (χ0n) is 11.2. The van der Waals surface area contributed by atoms with Gasteiger partial charge in [0.1, 0.15) is 0 Å². The number of pyridine rings is 1. The highest BCUT2D eigenvalue weighted by molar-refractivity contribution is 5.93. The van der Waals surface area contributed by atoms with E-state index < -0.39 is 0 Å². The zero-order chi connectivity index (χ0) is 13.9. The fourth-order valence-corrected chi connectivity index (χ4v) is 2.58. The van der Waals surface area contributed by atoms with Gasteiger partial charge in [0.25, 0.3) is 5.91 Å². The third-order valence-corrected chi connectivity index (χ3v) is 3.66. The number of carbonyl (C=O) groups is 1. The molecule has 3 N–H and O–H groups in total. The molecule has 1 amide bonds. The summed E-state index contributed by atoms with van der Waals surface area (Å²) in [6, 6.07) is 3.58. The standard InChI is InChI=1S/C14H17N5O/c15-18-14(20)10-5-6-11(16-7-10)8-19-9-17-12-3-1-2-4-13(12)19/h5-7,9H,1-4,8,15H2,(H,18,20). The predicted molar refractivity (Wildman–Crippen MR) is 73.9 cm³/mol. The number of rotatable bonds is 3. The van der Waals surface area contributed by atoms with Crippen molar-refractivity contribution in [3.8, 4) is 0 Å². The Kier molecular flexibility index (Phi) is 3.47. The van der Waals surface area contributed by atoms with Gasteiger partial charge in [0.05, 0.1) is 29.8 Å². The fraction of sp³-hybridized carbons (Fsp3) is 0.357. The van der Waals surface area contributed by atoms with Crippen LogP contribution in [-0.4, -0.2) is 20.4 Å². The van der Waals surface area contributed by atoms with Gasteiger partial charge < -0.3 is 4.57 Å². The maximum absolute atomic E-state index is 11.3. The molecule has 0 saturated heterocycles. The second-order valence-electron chi connectivity index (χ2n) is 4.98. The molecular formula is C14H17N5O. The molecule has 2 heterocycles. The molecule has 0 saturated carbocycles. The molecule has 1 aliphatic rings. The SMILES string of the molecule is NNC(=O)c1ccc(Cn2cnc3c2CCCC3)nc1. The molecule has 6 heteroatoms. The monoisotopic (exact) mass is 271 g/mol. The van der Waals surface area contributed by atoms with Crippen molar-refractivity contribution in [3.63, 3.8) is 0 Å². The minimum Gasteiger partial charge on any atom is -0.328 e. The first kappa shape index (κ1) is 12.8. The maximum Gasteiger partial charge on any atom is 0.266 e. The molecule has 2 aromatic rings. The van der Waals surface area contributed by atoms with E-state index in [-0.39, 0.29) is 5.91 Å². The van der Waals surface area contributed by atoms with Crippen LogP contribution in [0.5, 0.6) is 0 Å². The first-order valence-electron chi connectivity index (χ1n) is 6.76. The fourth-order valence-electron chi connectivity index (χ4n) is 2.58. The molecule has 0 radical (unpaired) electrons. The van der Waals surface area contributed by atoms with E-state index in [0.29, 0.717) is 12.1 Å². The molecule has 0 fully saturated rings. The van der Waals surface area contributed by atoms with Crippen molar-refractivity contribution in [1.29, 1.82) is 0 Å². The van der Waals surface area contributed by atoms with E-state index in [9.17, 15) is 4.79 Å². The van der Waals surface area contributed by atoms with E-state index in [2.05, 4.69) is 20.0 Å². The van der Waals surface area contributed by atoms with Crippen molar-refractivity contribution in [2.45, 2.75) is 32.2 Å². The van der Waals surface area contributed by atoms with Crippen LogP contribution in [0.4, 0.5) is 0 Å². The van der Waals surface area contributed by atoms with Crippen LogP contribution in [0.15, 0.2) is 24.7 Å². The zero-order valence-corrected chi connectivity index (χ0v) is 11.2. The van der Waals surface area contributed by atoms with E-state index in [0.717, 1.165) is 18.5 Å². The Bertz CT molecular complexity index is 617. The van der Waals surface area contributed by atoms with Crippen LogP contribution in [-0.2, 0) is 19.4 Å². The minimum absolute atomic E-state index is 0.330. The van der Waals surface area contributed by atoms with Gasteiger partial charge >= 0.3 is 0 Å². The Balaban J connectivity index is 1.78. The number of hydrogen-bond acceptors (Lipinski definition) is 4. The number of hydrogen-bond donors (Lipinski definition) is 2. The molecule has 0 bridgehead atoms. The number of nitrogens with one attached hydrogen (secondary N) is 1. The third kappa shape index (κ3) is 2.42. The molecule has 1 aliphatic carbocycles. The largest absolute Gasteiger partial charge is 0.328 e. The molecule has 0 aliphatic heterocycles. The minimum atomic E-state index is -0.330. The summed E-state index contributed by atoms with van der Waals surface area (Å²) in [5, 5.41) is 0. The number of nitrogen functional groups attached to an aromatic ring is 1. The van der Waals surface area contributed by atoms with Crippen molar-refractivity contribution >= 4 is 5.91 Å². The molecule has 6 nitrogen and oxygen atoms in total. The average Bonchev–Trinajstić information content (AvgIpc) is 2.91. The third-order valence-electron chi connectivity index (χ3n) is 3.66. The Morgan fingerprint density at radius 1 is 1.30 bits per heavy atom. The Labute approximate surface area is 117 Å². The first-order valence-corrected chi connectivity index (χ1v) is 6.76. The van der Waals surface area contributed by atoms with Gasteiger partial charge in [-0.3, -0.25) is 15.2 Å². The summed E-state index contributed by atoms with van der Waals surface area (Å²) in [6.45, 7) is 0.687. The molecule has 0 unspecified atom stereocenters. The predicted octanol–water partition coefficient (Wildman–Crippen LogP) is 0.809. The van der Waals surface area contributed by atoms with Crippen molar-refractivity contribution in [2.75, 3.05) is 0 Å². The van der Waals surface area contributed by atoms with Gasteiger partial charge in [-0.15, -0.1) is 0 Å². The average molecular weight is 271 g/mol. The molecule has 0 spiro atoms. The lowest BCUT2D eigenvalue weighted by Gasteiger charge is -2.13. The lowest BCUT2D eigenvalue weighted by molar-refractivity contribution is 0.0953. The maximum atomic E-state index is 11.3. The molecule has 0 aromatic carbocycles. The normalized spacial score (nSPS) is 13.8. The van der Waals surface area contributed by atoms with Gasteiger partial charge in [-0.2, -0.15) is 0 Å². The summed E-state index contributed by atoms with van der Waals surface area (Å²) >= 11 is 0. The van der Waals surface area contributed by atoms with E-state index in [4.69, 9.17) is 5.84 Å². The van der Waals surface area contributed by atoms with Gasteiger partial charge in [0.2, 0.25) is 0 Å². The van der Waals surface area contributed by atoms with Gasteiger partial charge in [-0.1, -0.05) is 0 Å². The molecular weight excluding hydrogens is 254 g/mol. The second-order valence-corrected chi connectivity index (χ2v) is 4.98. The van der Waals surface area contributed by atoms with Crippen molar-refractivity contribution in [3.05, 3.63) is 47.3 Å². The van der Waals surface area contributed by atoms with Crippen LogP contribution in [0.25, 0.3) is 0 Å². The van der Waals surface area contributed by atoms with Crippen molar-refractivity contribution < 1.29 is 4.79 Å². The van der Waals surface area contributed by atoms with Crippen LogP contribution < -0.4 is 11.3 Å². The number of aryl methyl sites for hydroxylation is 1. The number of nitrogens with zero attached hydrogens (tertiary/aromatic N) is 3. The molecule has 3 rings (SSSR count). The highest BCUT2D eigenvalue weighted by atomic mass is 16.2. The summed E-state index contributed by atoms with van der Waals surface area (Å²) in [6.07, 6.45) is 8.04. The number of fused-ring (bicyclic) bond motifs is 1. The Morgan fingerprint density at radius 3 is 2.90 bits per heavy atom. The van der Waals surface area contributed by atoms with Crippen LogP contribution >= 0.6 is 0 Å². The lowest BCUT2D eigenvalue weighted by Crippen LogP contribution is -2.30. The van der Waals surface area contributed by atoms with E-state index in [1.165, 1.54) is 24.2 Å². The van der Waals surface area contributed by atoms with Gasteiger partial charge in [0, 0.05) is 11.9 Å². The Hall–Kier alpha value is -2.21. The van der Waals surface area contributed by atoms with Crippen LogP contribution in [0, 0.1) is 0 Å². The highest BCUT2D eigenvalue weighted by Gasteiger charge is 2.15. The molecule has 20 heavy (non-hydrogen) atoms. The van der Waals surface area contributed by atoms with Gasteiger partial charge in [-0.05, 0) is 37.8 Å². The van der Waals surface area contributed by atoms with Gasteiger partial charge in [-0.25, -0.2) is 10.8 Å². The number of hydrazine groups is 1. The Morgan fingerprint density at radius 2 is 2.15 bits per heavy atom. The quantitative estimate of drug-likeness (QED) is 0.491.